The summed E-state index contributed by atoms with van der Waals surface area (Å²) >= 11 is 0. The Bertz CT molecular complexity index is 442. The van der Waals surface area contributed by atoms with Gasteiger partial charge in [0.1, 0.15) is 5.82 Å². The molecule has 5 nitrogen and oxygen atoms in total. The van der Waals surface area contributed by atoms with E-state index in [0.717, 1.165) is 37.7 Å². The zero-order chi connectivity index (χ0) is 14.5. The Kier molecular flexibility index (Phi) is 4.91. The maximum Gasteiger partial charge on any atom is 0.224 e. The van der Waals surface area contributed by atoms with Crippen molar-refractivity contribution >= 4 is 11.8 Å². The van der Waals surface area contributed by atoms with E-state index >= 15 is 0 Å². The average Bonchev–Trinajstić information content (AvgIpc) is 2.79. The molecule has 1 aliphatic carbocycles. The number of aromatic nitrogens is 2. The first-order valence-electron chi connectivity index (χ1n) is 8.43. The highest BCUT2D eigenvalue weighted by Gasteiger charge is 2.22. The van der Waals surface area contributed by atoms with Crippen molar-refractivity contribution in [3.8, 4) is 0 Å². The van der Waals surface area contributed by atoms with Crippen LogP contribution in [0.1, 0.15) is 51.4 Å². The van der Waals surface area contributed by atoms with Gasteiger partial charge in [-0.1, -0.05) is 25.7 Å². The van der Waals surface area contributed by atoms with Crippen molar-refractivity contribution in [2.75, 3.05) is 23.3 Å². The lowest BCUT2D eigenvalue weighted by atomic mass is 9.91. The van der Waals surface area contributed by atoms with Crippen molar-refractivity contribution in [1.29, 1.82) is 0 Å². The van der Waals surface area contributed by atoms with Crippen molar-refractivity contribution in [1.82, 2.24) is 9.97 Å². The highest BCUT2D eigenvalue weighted by Crippen LogP contribution is 2.21. The molecule has 0 spiro atoms. The first-order chi connectivity index (χ1) is 10.3. The average molecular weight is 289 g/mol. The van der Waals surface area contributed by atoms with E-state index in [0.29, 0.717) is 6.04 Å². The molecule has 2 heterocycles. The number of rotatable bonds is 3. The fourth-order valence-electron chi connectivity index (χ4n) is 3.40. The third kappa shape index (κ3) is 3.84. The van der Waals surface area contributed by atoms with E-state index in [9.17, 15) is 0 Å². The second-order valence-corrected chi connectivity index (χ2v) is 6.34. The number of anilines is 2. The summed E-state index contributed by atoms with van der Waals surface area (Å²) in [6.07, 6.45) is 11.8. The predicted octanol–water partition coefficient (Wildman–Crippen LogP) is 2.54. The van der Waals surface area contributed by atoms with E-state index < -0.39 is 0 Å². The highest BCUT2D eigenvalue weighted by atomic mass is 15.2. The summed E-state index contributed by atoms with van der Waals surface area (Å²) in [6.45, 7) is 2.22. The molecule has 1 aromatic rings. The predicted molar refractivity (Wildman–Crippen MR) is 86.6 cm³/mol. The summed E-state index contributed by atoms with van der Waals surface area (Å²) < 4.78 is 0. The Labute approximate surface area is 127 Å². The first kappa shape index (κ1) is 14.6. The largest absolute Gasteiger partial charge is 0.356 e. The smallest absolute Gasteiger partial charge is 0.224 e. The standard InChI is InChI=1S/C16H27N5/c17-13-7-3-4-8-14(13)19-16-18-10-9-15(20-16)21-11-5-1-2-6-12-21/h9-10,13-14H,1-8,11-12,17H2,(H,18,19,20)/t13-,14+/m1/s1. The van der Waals surface area contributed by atoms with Crippen molar-refractivity contribution in [3.63, 3.8) is 0 Å². The second-order valence-electron chi connectivity index (χ2n) is 6.34. The van der Waals surface area contributed by atoms with Crippen molar-refractivity contribution in [3.05, 3.63) is 12.3 Å². The minimum atomic E-state index is 0.226. The normalized spacial score (nSPS) is 27.2. The molecule has 0 amide bonds. The van der Waals surface area contributed by atoms with Crippen molar-refractivity contribution in [2.45, 2.75) is 63.5 Å². The Morgan fingerprint density at radius 1 is 1.05 bits per heavy atom. The van der Waals surface area contributed by atoms with Gasteiger partial charge >= 0.3 is 0 Å². The van der Waals surface area contributed by atoms with Crippen LogP contribution in [0.3, 0.4) is 0 Å². The Morgan fingerprint density at radius 3 is 2.57 bits per heavy atom. The minimum Gasteiger partial charge on any atom is -0.356 e. The summed E-state index contributed by atoms with van der Waals surface area (Å²) in [5.41, 5.74) is 6.20. The molecule has 0 radical (unpaired) electrons. The zero-order valence-corrected chi connectivity index (χ0v) is 12.8. The Morgan fingerprint density at radius 2 is 1.81 bits per heavy atom. The van der Waals surface area contributed by atoms with Gasteiger partial charge in [-0.2, -0.15) is 4.98 Å². The van der Waals surface area contributed by atoms with Gasteiger partial charge in [-0.15, -0.1) is 0 Å². The molecule has 2 atom stereocenters. The summed E-state index contributed by atoms with van der Waals surface area (Å²) in [4.78, 5) is 11.5. The van der Waals surface area contributed by atoms with E-state index in [1.807, 2.05) is 12.3 Å². The van der Waals surface area contributed by atoms with Gasteiger partial charge in [0.15, 0.2) is 0 Å². The molecule has 0 unspecified atom stereocenters. The highest BCUT2D eigenvalue weighted by molar-refractivity contribution is 5.43. The summed E-state index contributed by atoms with van der Waals surface area (Å²) in [5, 5.41) is 3.45. The van der Waals surface area contributed by atoms with Gasteiger partial charge in [0.2, 0.25) is 5.95 Å². The topological polar surface area (TPSA) is 67.1 Å². The molecule has 3 rings (SSSR count). The number of nitrogens with one attached hydrogen (secondary N) is 1. The molecule has 1 saturated carbocycles. The van der Waals surface area contributed by atoms with E-state index in [-0.39, 0.29) is 6.04 Å². The summed E-state index contributed by atoms with van der Waals surface area (Å²) in [6, 6.07) is 2.57. The number of hydrogen-bond acceptors (Lipinski definition) is 5. The molecule has 1 aliphatic heterocycles. The molecular weight excluding hydrogens is 262 g/mol. The third-order valence-electron chi connectivity index (χ3n) is 4.70. The lowest BCUT2D eigenvalue weighted by Crippen LogP contribution is -2.43. The molecule has 3 N–H and O–H groups in total. The Balaban J connectivity index is 1.67. The van der Waals surface area contributed by atoms with Crippen LogP contribution in [-0.4, -0.2) is 35.1 Å². The molecule has 116 valence electrons. The lowest BCUT2D eigenvalue weighted by molar-refractivity contribution is 0.402. The van der Waals surface area contributed by atoms with Crippen molar-refractivity contribution in [2.24, 2.45) is 5.73 Å². The maximum absolute atomic E-state index is 6.20. The number of nitrogens with two attached hydrogens (primary N) is 1. The minimum absolute atomic E-state index is 0.226. The van der Waals surface area contributed by atoms with Crippen LogP contribution < -0.4 is 16.0 Å². The Hall–Kier alpha value is -1.36. The van der Waals surface area contributed by atoms with E-state index in [1.165, 1.54) is 38.5 Å². The third-order valence-corrected chi connectivity index (χ3v) is 4.70. The molecule has 0 bridgehead atoms. The molecule has 1 saturated heterocycles. The van der Waals surface area contributed by atoms with Crippen LogP contribution >= 0.6 is 0 Å². The van der Waals surface area contributed by atoms with Crippen LogP contribution in [0.4, 0.5) is 11.8 Å². The van der Waals surface area contributed by atoms with Gasteiger partial charge in [-0.3, -0.25) is 0 Å². The SMILES string of the molecule is N[C@@H]1CCCC[C@@H]1Nc1nccc(N2CCCCCC2)n1. The van der Waals surface area contributed by atoms with Gasteiger partial charge in [-0.25, -0.2) is 4.98 Å². The zero-order valence-electron chi connectivity index (χ0n) is 12.8. The molecule has 5 heteroatoms. The van der Waals surface area contributed by atoms with Crippen molar-refractivity contribution < 1.29 is 0 Å². The maximum atomic E-state index is 6.20. The van der Waals surface area contributed by atoms with Gasteiger partial charge < -0.3 is 16.0 Å². The number of nitrogens with zero attached hydrogens (tertiary/aromatic N) is 3. The van der Waals surface area contributed by atoms with E-state index in [1.54, 1.807) is 0 Å². The van der Waals surface area contributed by atoms with Crippen LogP contribution in [0.2, 0.25) is 0 Å². The fourth-order valence-corrected chi connectivity index (χ4v) is 3.40. The van der Waals surface area contributed by atoms with Gasteiger partial charge in [0.05, 0.1) is 0 Å². The van der Waals surface area contributed by atoms with Crippen LogP contribution in [0.25, 0.3) is 0 Å². The van der Waals surface area contributed by atoms with Gasteiger partial charge in [-0.05, 0) is 31.7 Å². The van der Waals surface area contributed by atoms with Gasteiger partial charge in [0, 0.05) is 31.4 Å². The van der Waals surface area contributed by atoms with Gasteiger partial charge in [0.25, 0.3) is 0 Å². The quantitative estimate of drug-likeness (QED) is 0.895. The molecule has 0 aromatic carbocycles. The van der Waals surface area contributed by atoms with Crippen LogP contribution in [0.5, 0.6) is 0 Å². The molecule has 2 fully saturated rings. The first-order valence-corrected chi connectivity index (χ1v) is 8.43. The van der Waals surface area contributed by atoms with Crippen LogP contribution in [-0.2, 0) is 0 Å². The monoisotopic (exact) mass is 289 g/mol. The second kappa shape index (κ2) is 7.07. The number of hydrogen-bond donors (Lipinski definition) is 2. The van der Waals surface area contributed by atoms with Crippen LogP contribution in [0, 0.1) is 0 Å². The van der Waals surface area contributed by atoms with Crippen LogP contribution in [0.15, 0.2) is 12.3 Å². The summed E-state index contributed by atoms with van der Waals surface area (Å²) in [7, 11) is 0. The molecule has 21 heavy (non-hydrogen) atoms. The van der Waals surface area contributed by atoms with E-state index in [2.05, 4.69) is 15.2 Å². The molecule has 1 aromatic heterocycles. The molecule has 2 aliphatic rings. The fraction of sp³-hybridized carbons (Fsp3) is 0.750. The molecular formula is C16H27N5. The lowest BCUT2D eigenvalue weighted by Gasteiger charge is -2.29. The van der Waals surface area contributed by atoms with E-state index in [4.69, 9.17) is 10.7 Å². The summed E-state index contributed by atoms with van der Waals surface area (Å²) in [5.74, 6) is 1.79.